The first-order valence-electron chi connectivity index (χ1n) is 5.88. The molecule has 0 aromatic rings. The zero-order valence-corrected chi connectivity index (χ0v) is 13.1. The van der Waals surface area contributed by atoms with Gasteiger partial charge < -0.3 is 16.0 Å². The normalized spacial score (nSPS) is 15.2. The lowest BCUT2D eigenvalue weighted by molar-refractivity contribution is -0.122. The third-order valence-electron chi connectivity index (χ3n) is 2.31. The van der Waals surface area contributed by atoms with E-state index in [-0.39, 0.29) is 35.8 Å². The molecule has 5 nitrogen and oxygen atoms in total. The number of amides is 1. The summed E-state index contributed by atoms with van der Waals surface area (Å²) in [7, 11) is 1.74. The fraction of sp³-hybridized carbons (Fsp3) is 0.818. The number of nitrogens with one attached hydrogen (secondary N) is 3. The number of aliphatic imine (C=N–C) groups is 1. The predicted molar refractivity (Wildman–Crippen MR) is 80.8 cm³/mol. The van der Waals surface area contributed by atoms with Crippen molar-refractivity contribution in [3.05, 3.63) is 0 Å². The highest BCUT2D eigenvalue weighted by Gasteiger charge is 2.28. The topological polar surface area (TPSA) is 65.5 Å². The smallest absolute Gasteiger partial charge is 0.223 e. The van der Waals surface area contributed by atoms with Crippen molar-refractivity contribution < 1.29 is 4.79 Å². The van der Waals surface area contributed by atoms with E-state index in [1.165, 1.54) is 0 Å². The standard InChI is InChI=1S/C11H22N4O.HI/c1-8(2)15-11(12-3)14-7-6-13-10(16)9-4-5-9;/h8-9H,4-7H2,1-3H3,(H,13,16)(H2,12,14,15);1H. The molecule has 0 spiro atoms. The minimum absolute atomic E-state index is 0. The van der Waals surface area contributed by atoms with Crippen LogP contribution in [-0.2, 0) is 4.79 Å². The Hall–Kier alpha value is -0.530. The molecule has 3 N–H and O–H groups in total. The summed E-state index contributed by atoms with van der Waals surface area (Å²) in [6.45, 7) is 5.46. The number of carbonyl (C=O) groups excluding carboxylic acids is 1. The monoisotopic (exact) mass is 354 g/mol. The van der Waals surface area contributed by atoms with Crippen molar-refractivity contribution in [2.24, 2.45) is 10.9 Å². The van der Waals surface area contributed by atoms with E-state index in [9.17, 15) is 4.79 Å². The predicted octanol–water partition coefficient (Wildman–Crippen LogP) is 0.704. The van der Waals surface area contributed by atoms with Crippen LogP contribution < -0.4 is 16.0 Å². The van der Waals surface area contributed by atoms with Gasteiger partial charge in [-0.15, -0.1) is 24.0 Å². The van der Waals surface area contributed by atoms with Crippen molar-refractivity contribution in [3.8, 4) is 0 Å². The highest BCUT2D eigenvalue weighted by Crippen LogP contribution is 2.28. The molecule has 1 saturated carbocycles. The minimum Gasteiger partial charge on any atom is -0.355 e. The van der Waals surface area contributed by atoms with Gasteiger partial charge in [-0.25, -0.2) is 0 Å². The Labute approximate surface area is 120 Å². The SMILES string of the molecule is CN=C(NCCNC(=O)C1CC1)NC(C)C.I. The van der Waals surface area contributed by atoms with Crippen LogP contribution in [0.25, 0.3) is 0 Å². The Morgan fingerprint density at radius 1 is 1.29 bits per heavy atom. The van der Waals surface area contributed by atoms with E-state index < -0.39 is 0 Å². The lowest BCUT2D eigenvalue weighted by Gasteiger charge is -2.14. The van der Waals surface area contributed by atoms with Gasteiger partial charge >= 0.3 is 0 Å². The first-order chi connectivity index (χ1) is 7.63. The largest absolute Gasteiger partial charge is 0.355 e. The molecule has 1 rings (SSSR count). The van der Waals surface area contributed by atoms with E-state index >= 15 is 0 Å². The summed E-state index contributed by atoms with van der Waals surface area (Å²) in [5.41, 5.74) is 0. The number of hydrogen-bond acceptors (Lipinski definition) is 2. The van der Waals surface area contributed by atoms with Crippen molar-refractivity contribution in [3.63, 3.8) is 0 Å². The summed E-state index contributed by atoms with van der Waals surface area (Å²) in [5.74, 6) is 1.25. The lowest BCUT2D eigenvalue weighted by atomic mass is 10.4. The van der Waals surface area contributed by atoms with Crippen molar-refractivity contribution in [1.82, 2.24) is 16.0 Å². The molecule has 1 aliphatic rings. The second kappa shape index (κ2) is 8.54. The van der Waals surface area contributed by atoms with Gasteiger partial charge in [-0.3, -0.25) is 9.79 Å². The van der Waals surface area contributed by atoms with Gasteiger partial charge in [0.1, 0.15) is 0 Å². The highest BCUT2D eigenvalue weighted by molar-refractivity contribution is 14.0. The van der Waals surface area contributed by atoms with Gasteiger partial charge in [-0.1, -0.05) is 0 Å². The van der Waals surface area contributed by atoms with Gasteiger partial charge in [0, 0.05) is 32.1 Å². The van der Waals surface area contributed by atoms with Crippen LogP contribution in [0.15, 0.2) is 4.99 Å². The third kappa shape index (κ3) is 7.40. The van der Waals surface area contributed by atoms with Crippen LogP contribution in [-0.4, -0.2) is 38.0 Å². The fourth-order valence-electron chi connectivity index (χ4n) is 1.32. The summed E-state index contributed by atoms with van der Waals surface area (Å²) in [6.07, 6.45) is 2.10. The van der Waals surface area contributed by atoms with E-state index in [2.05, 4.69) is 34.8 Å². The summed E-state index contributed by atoms with van der Waals surface area (Å²) >= 11 is 0. The minimum atomic E-state index is 0. The van der Waals surface area contributed by atoms with Crippen molar-refractivity contribution in [2.45, 2.75) is 32.7 Å². The maximum Gasteiger partial charge on any atom is 0.223 e. The summed E-state index contributed by atoms with van der Waals surface area (Å²) in [6, 6.07) is 0.354. The zero-order valence-electron chi connectivity index (χ0n) is 10.7. The van der Waals surface area contributed by atoms with E-state index in [0.717, 1.165) is 18.8 Å². The van der Waals surface area contributed by atoms with Gasteiger partial charge in [0.05, 0.1) is 0 Å². The Kier molecular flexibility index (Phi) is 8.28. The average molecular weight is 354 g/mol. The second-order valence-electron chi connectivity index (χ2n) is 4.36. The third-order valence-corrected chi connectivity index (χ3v) is 2.31. The summed E-state index contributed by atoms with van der Waals surface area (Å²) in [5, 5.41) is 9.21. The first kappa shape index (κ1) is 16.5. The Morgan fingerprint density at radius 2 is 1.88 bits per heavy atom. The van der Waals surface area contributed by atoms with Crippen molar-refractivity contribution in [2.75, 3.05) is 20.1 Å². The van der Waals surface area contributed by atoms with Crippen LogP contribution in [0.3, 0.4) is 0 Å². The van der Waals surface area contributed by atoms with Crippen LogP contribution in [0, 0.1) is 5.92 Å². The zero-order chi connectivity index (χ0) is 12.0. The lowest BCUT2D eigenvalue weighted by Crippen LogP contribution is -2.44. The van der Waals surface area contributed by atoms with Gasteiger partial charge in [0.2, 0.25) is 5.91 Å². The molecule has 0 heterocycles. The van der Waals surface area contributed by atoms with Gasteiger partial charge in [-0.05, 0) is 26.7 Å². The van der Waals surface area contributed by atoms with Crippen LogP contribution >= 0.6 is 24.0 Å². The summed E-state index contributed by atoms with van der Waals surface area (Å²) < 4.78 is 0. The molecule has 17 heavy (non-hydrogen) atoms. The van der Waals surface area contributed by atoms with Crippen molar-refractivity contribution >= 4 is 35.8 Å². The molecular formula is C11H23IN4O. The second-order valence-corrected chi connectivity index (χ2v) is 4.36. The number of nitrogens with zero attached hydrogens (tertiary/aromatic N) is 1. The molecule has 0 saturated heterocycles. The Bertz CT molecular complexity index is 264. The van der Waals surface area contributed by atoms with Crippen LogP contribution in [0.5, 0.6) is 0 Å². The Morgan fingerprint density at radius 3 is 2.35 bits per heavy atom. The van der Waals surface area contributed by atoms with E-state index in [0.29, 0.717) is 19.1 Å². The molecular weight excluding hydrogens is 331 g/mol. The molecule has 0 bridgehead atoms. The highest BCUT2D eigenvalue weighted by atomic mass is 127. The van der Waals surface area contributed by atoms with E-state index in [1.54, 1.807) is 7.05 Å². The fourth-order valence-corrected chi connectivity index (χ4v) is 1.32. The molecule has 6 heteroatoms. The van der Waals surface area contributed by atoms with E-state index in [1.807, 2.05) is 0 Å². The number of guanidine groups is 1. The van der Waals surface area contributed by atoms with Crippen LogP contribution in [0.4, 0.5) is 0 Å². The van der Waals surface area contributed by atoms with E-state index in [4.69, 9.17) is 0 Å². The van der Waals surface area contributed by atoms with Gasteiger partial charge in [-0.2, -0.15) is 0 Å². The van der Waals surface area contributed by atoms with Crippen molar-refractivity contribution in [1.29, 1.82) is 0 Å². The molecule has 100 valence electrons. The molecule has 0 aliphatic heterocycles. The number of halogens is 1. The number of carbonyl (C=O) groups is 1. The molecule has 0 radical (unpaired) electrons. The molecule has 0 unspecified atom stereocenters. The molecule has 1 fully saturated rings. The summed E-state index contributed by atoms with van der Waals surface area (Å²) in [4.78, 5) is 15.4. The molecule has 1 amide bonds. The van der Waals surface area contributed by atoms with Crippen LogP contribution in [0.1, 0.15) is 26.7 Å². The molecule has 0 aromatic carbocycles. The number of rotatable bonds is 5. The number of hydrogen-bond donors (Lipinski definition) is 3. The average Bonchev–Trinajstić information content (AvgIpc) is 3.05. The maximum atomic E-state index is 11.3. The molecule has 0 atom stereocenters. The maximum absolute atomic E-state index is 11.3. The Balaban J connectivity index is 0.00000256. The quantitative estimate of drug-likeness (QED) is 0.295. The van der Waals surface area contributed by atoms with Gasteiger partial charge in [0.25, 0.3) is 0 Å². The first-order valence-corrected chi connectivity index (χ1v) is 5.88. The van der Waals surface area contributed by atoms with Crippen LogP contribution in [0.2, 0.25) is 0 Å². The molecule has 0 aromatic heterocycles. The van der Waals surface area contributed by atoms with Gasteiger partial charge in [0.15, 0.2) is 5.96 Å². The molecule has 1 aliphatic carbocycles.